The number of hydrogen-bond acceptors (Lipinski definition) is 5. The molecule has 3 heterocycles. The van der Waals surface area contributed by atoms with Gasteiger partial charge in [-0.1, -0.05) is 0 Å². The smallest absolute Gasteiger partial charge is 0.316 e. The zero-order valence-corrected chi connectivity index (χ0v) is 14.2. The number of hydrogen-bond donors (Lipinski definition) is 1. The summed E-state index contributed by atoms with van der Waals surface area (Å²) in [4.78, 5) is 20.2. The zero-order chi connectivity index (χ0) is 15.7. The zero-order valence-electron chi connectivity index (χ0n) is 13.4. The van der Waals surface area contributed by atoms with Gasteiger partial charge in [-0.05, 0) is 6.92 Å². The summed E-state index contributed by atoms with van der Waals surface area (Å²) in [7, 11) is 3.52. The topological polar surface area (TPSA) is 57.7 Å². The molecule has 2 fully saturated rings. The van der Waals surface area contributed by atoms with Crippen LogP contribution in [0.15, 0.2) is 5.38 Å². The molecule has 0 saturated carbocycles. The Morgan fingerprint density at radius 3 is 3.05 bits per heavy atom. The van der Waals surface area contributed by atoms with Crippen molar-refractivity contribution in [2.45, 2.75) is 19.6 Å². The minimum atomic E-state index is -0.0310. The highest BCUT2D eigenvalue weighted by molar-refractivity contribution is 7.09. The molecule has 1 aromatic rings. The minimum Gasteiger partial charge on any atom is -0.376 e. The Balaban J connectivity index is 1.51. The highest BCUT2D eigenvalue weighted by Crippen LogP contribution is 2.34. The summed E-state index contributed by atoms with van der Waals surface area (Å²) in [5.74, 6) is 0.931. The predicted octanol–water partition coefficient (Wildman–Crippen LogP) is 1.17. The highest BCUT2D eigenvalue weighted by atomic mass is 32.1. The molecule has 122 valence electrons. The second-order valence-corrected chi connectivity index (χ2v) is 7.40. The Morgan fingerprint density at radius 1 is 1.55 bits per heavy atom. The monoisotopic (exact) mass is 324 g/mol. The lowest BCUT2D eigenvalue weighted by Gasteiger charge is -2.20. The Labute approximate surface area is 135 Å². The molecular formula is C15H24N4O2S. The van der Waals surface area contributed by atoms with Crippen molar-refractivity contribution in [3.63, 3.8) is 0 Å². The molecule has 0 aliphatic carbocycles. The summed E-state index contributed by atoms with van der Waals surface area (Å²) in [5.41, 5.74) is 1.10. The third kappa shape index (κ3) is 3.42. The molecule has 2 amide bonds. The van der Waals surface area contributed by atoms with Crippen LogP contribution in [0.3, 0.4) is 0 Å². The van der Waals surface area contributed by atoms with Crippen molar-refractivity contribution in [2.24, 2.45) is 11.8 Å². The van der Waals surface area contributed by atoms with Crippen LogP contribution in [0.5, 0.6) is 0 Å². The van der Waals surface area contributed by atoms with Crippen molar-refractivity contribution in [3.8, 4) is 0 Å². The van der Waals surface area contributed by atoms with E-state index in [4.69, 9.17) is 4.74 Å². The van der Waals surface area contributed by atoms with E-state index in [-0.39, 0.29) is 6.03 Å². The molecule has 2 saturated heterocycles. The van der Waals surface area contributed by atoms with Crippen molar-refractivity contribution >= 4 is 17.4 Å². The van der Waals surface area contributed by atoms with Gasteiger partial charge in [0.05, 0.1) is 19.3 Å². The molecule has 3 atom stereocenters. The van der Waals surface area contributed by atoms with Gasteiger partial charge in [-0.2, -0.15) is 0 Å². The number of aromatic nitrogens is 1. The number of urea groups is 1. The maximum absolute atomic E-state index is 11.7. The van der Waals surface area contributed by atoms with Crippen molar-refractivity contribution in [3.05, 3.63) is 16.1 Å². The maximum atomic E-state index is 11.7. The summed E-state index contributed by atoms with van der Waals surface area (Å²) in [5, 5.41) is 6.26. The number of rotatable bonds is 4. The molecule has 2 aliphatic heterocycles. The number of aryl methyl sites for hydroxylation is 1. The van der Waals surface area contributed by atoms with Crippen LogP contribution in [0.4, 0.5) is 4.79 Å². The number of fused-ring (bicyclic) bond motifs is 1. The molecule has 0 spiro atoms. The number of nitrogens with zero attached hydrogens (tertiary/aromatic N) is 3. The van der Waals surface area contributed by atoms with E-state index in [2.05, 4.69) is 20.6 Å². The lowest BCUT2D eigenvalue weighted by atomic mass is 9.93. The molecule has 7 heteroatoms. The summed E-state index contributed by atoms with van der Waals surface area (Å²) in [6.45, 7) is 6.40. The van der Waals surface area contributed by atoms with E-state index in [1.54, 1.807) is 30.3 Å². The van der Waals surface area contributed by atoms with Crippen LogP contribution in [-0.4, -0.2) is 67.3 Å². The molecule has 2 aliphatic rings. The van der Waals surface area contributed by atoms with Gasteiger partial charge in [0, 0.05) is 56.6 Å². The Bertz CT molecular complexity index is 533. The van der Waals surface area contributed by atoms with Crippen molar-refractivity contribution < 1.29 is 9.53 Å². The fourth-order valence-corrected chi connectivity index (χ4v) is 4.08. The van der Waals surface area contributed by atoms with Gasteiger partial charge in [0.1, 0.15) is 5.01 Å². The largest absolute Gasteiger partial charge is 0.376 e. The van der Waals surface area contributed by atoms with Gasteiger partial charge in [0.25, 0.3) is 0 Å². The first-order chi connectivity index (χ1) is 10.5. The first kappa shape index (κ1) is 15.7. The molecule has 6 nitrogen and oxygen atoms in total. The van der Waals surface area contributed by atoms with E-state index >= 15 is 0 Å². The minimum absolute atomic E-state index is 0.0310. The molecule has 1 N–H and O–H groups in total. The highest BCUT2D eigenvalue weighted by Gasteiger charge is 2.43. The van der Waals surface area contributed by atoms with Crippen LogP contribution in [0.25, 0.3) is 0 Å². The second kappa shape index (κ2) is 6.52. The van der Waals surface area contributed by atoms with Gasteiger partial charge in [0.15, 0.2) is 0 Å². The van der Waals surface area contributed by atoms with Gasteiger partial charge in [-0.25, -0.2) is 9.78 Å². The standard InChI is InChI=1S/C15H24N4O2S/c1-10-9-22-14(17-10)7-19-5-12-11(8-21-13(12)6-19)4-16-15(20)18(2)3/h9,11-13H,4-8H2,1-3H3,(H,16,20)/t11-,12-,13-/m1/s1. The molecule has 0 unspecified atom stereocenters. The third-order valence-electron chi connectivity index (χ3n) is 4.46. The lowest BCUT2D eigenvalue weighted by molar-refractivity contribution is 0.0940. The molecule has 1 aromatic heterocycles. The van der Waals surface area contributed by atoms with Crippen molar-refractivity contribution in [1.29, 1.82) is 0 Å². The number of carbonyl (C=O) groups excluding carboxylic acids is 1. The number of ether oxygens (including phenoxy) is 1. The van der Waals surface area contributed by atoms with Crippen LogP contribution in [-0.2, 0) is 11.3 Å². The molecule has 22 heavy (non-hydrogen) atoms. The van der Waals surface area contributed by atoms with Crippen LogP contribution in [0.2, 0.25) is 0 Å². The van der Waals surface area contributed by atoms with Gasteiger partial charge in [0.2, 0.25) is 0 Å². The number of nitrogens with one attached hydrogen (secondary N) is 1. The summed E-state index contributed by atoms with van der Waals surface area (Å²) < 4.78 is 5.93. The predicted molar refractivity (Wildman–Crippen MR) is 85.9 cm³/mol. The van der Waals surface area contributed by atoms with E-state index in [1.807, 2.05) is 6.92 Å². The Kier molecular flexibility index (Phi) is 4.65. The number of amides is 2. The van der Waals surface area contributed by atoms with E-state index in [1.165, 1.54) is 5.01 Å². The molecule has 0 aromatic carbocycles. The molecular weight excluding hydrogens is 300 g/mol. The first-order valence-electron chi connectivity index (χ1n) is 7.73. The fraction of sp³-hybridized carbons (Fsp3) is 0.733. The fourth-order valence-electron chi connectivity index (χ4n) is 3.26. The quantitative estimate of drug-likeness (QED) is 0.903. The second-order valence-electron chi connectivity index (χ2n) is 6.45. The van der Waals surface area contributed by atoms with E-state index < -0.39 is 0 Å². The number of thiazole rings is 1. The summed E-state index contributed by atoms with van der Waals surface area (Å²) in [6, 6.07) is -0.0310. The van der Waals surface area contributed by atoms with Gasteiger partial charge < -0.3 is 15.0 Å². The van der Waals surface area contributed by atoms with Gasteiger partial charge in [-0.15, -0.1) is 11.3 Å². The SMILES string of the molecule is Cc1csc(CN2C[C@@H]3[C@H](CNC(=O)N(C)C)CO[C@@H]3C2)n1. The van der Waals surface area contributed by atoms with E-state index in [0.717, 1.165) is 31.9 Å². The third-order valence-corrected chi connectivity index (χ3v) is 5.41. The Hall–Kier alpha value is -1.18. The number of likely N-dealkylation sites (tertiary alicyclic amines) is 1. The first-order valence-corrected chi connectivity index (χ1v) is 8.61. The number of carbonyl (C=O) groups is 1. The average molecular weight is 324 g/mol. The molecule has 0 bridgehead atoms. The van der Waals surface area contributed by atoms with Crippen molar-refractivity contribution in [2.75, 3.05) is 40.3 Å². The molecule has 0 radical (unpaired) electrons. The van der Waals surface area contributed by atoms with Gasteiger partial charge >= 0.3 is 6.03 Å². The van der Waals surface area contributed by atoms with Gasteiger partial charge in [-0.3, -0.25) is 4.90 Å². The van der Waals surface area contributed by atoms with Crippen LogP contribution in [0.1, 0.15) is 10.7 Å². The molecule has 3 rings (SSSR count). The average Bonchev–Trinajstić information content (AvgIpc) is 3.13. The van der Waals surface area contributed by atoms with E-state index in [9.17, 15) is 4.79 Å². The van der Waals surface area contributed by atoms with E-state index in [0.29, 0.717) is 24.5 Å². The lowest BCUT2D eigenvalue weighted by Crippen LogP contribution is -2.39. The summed E-state index contributed by atoms with van der Waals surface area (Å²) >= 11 is 1.73. The van der Waals surface area contributed by atoms with Crippen LogP contribution in [0, 0.1) is 18.8 Å². The van der Waals surface area contributed by atoms with Crippen LogP contribution >= 0.6 is 11.3 Å². The normalized spacial score (nSPS) is 27.9. The summed E-state index contributed by atoms with van der Waals surface area (Å²) in [6.07, 6.45) is 0.308. The maximum Gasteiger partial charge on any atom is 0.316 e. The van der Waals surface area contributed by atoms with Crippen molar-refractivity contribution in [1.82, 2.24) is 20.1 Å². The Morgan fingerprint density at radius 2 is 2.36 bits per heavy atom. The van der Waals surface area contributed by atoms with Crippen LogP contribution < -0.4 is 5.32 Å².